The van der Waals surface area contributed by atoms with E-state index in [1.807, 2.05) is 0 Å². The number of aryl methyl sites for hydroxylation is 1. The van der Waals surface area contributed by atoms with Crippen molar-refractivity contribution in [3.8, 4) is 22.3 Å². The molecule has 0 fully saturated rings. The molecule has 75 heavy (non-hydrogen) atoms. The minimum Gasteiger partial charge on any atom is -0.311 e. The van der Waals surface area contributed by atoms with Gasteiger partial charge < -0.3 is 9.80 Å². The molecule has 0 saturated heterocycles. The lowest BCUT2D eigenvalue weighted by Gasteiger charge is -2.46. The second-order valence-electron chi connectivity index (χ2n) is 25.0. The first-order valence-corrected chi connectivity index (χ1v) is 27.2. The van der Waals surface area contributed by atoms with Gasteiger partial charge in [-0.25, -0.2) is 0 Å². The van der Waals surface area contributed by atoms with Gasteiger partial charge in [0.05, 0.1) is 5.69 Å². The summed E-state index contributed by atoms with van der Waals surface area (Å²) < 4.78 is 0. The van der Waals surface area contributed by atoms with Gasteiger partial charge in [0, 0.05) is 34.0 Å². The average molecular weight is 973 g/mol. The SMILES string of the molecule is Cc1ccc(-c2ccccc2)cc1N1c2cc3c(cc2B2c4cc(/C(=C\c5ccccc5)c5ccccc5)ccc4N(c4ccc(C(C)(C)C)cc4-c4ccccc4)c4cc(C(C)(C)C)cc1c42)C(C)(C)CC3(C)C. The molecule has 12 rings (SSSR count). The van der Waals surface area contributed by atoms with E-state index in [-0.39, 0.29) is 28.4 Å². The molecule has 3 aliphatic rings. The third kappa shape index (κ3) is 8.36. The summed E-state index contributed by atoms with van der Waals surface area (Å²) in [6.07, 6.45) is 3.46. The van der Waals surface area contributed by atoms with Crippen LogP contribution in [0.15, 0.2) is 200 Å². The highest BCUT2D eigenvalue weighted by molar-refractivity contribution is 7.00. The number of anilines is 6. The van der Waals surface area contributed by atoms with Crippen LogP contribution in [0, 0.1) is 6.92 Å². The Bertz CT molecular complexity index is 3700. The summed E-state index contributed by atoms with van der Waals surface area (Å²) >= 11 is 0. The van der Waals surface area contributed by atoms with Crippen molar-refractivity contribution in [1.82, 2.24) is 0 Å². The molecule has 9 aromatic carbocycles. The highest BCUT2D eigenvalue weighted by Crippen LogP contribution is 2.54. The second-order valence-corrected chi connectivity index (χ2v) is 25.0. The van der Waals surface area contributed by atoms with E-state index < -0.39 is 0 Å². The maximum Gasteiger partial charge on any atom is 0.252 e. The largest absolute Gasteiger partial charge is 0.311 e. The molecule has 2 nitrogen and oxygen atoms in total. The standard InChI is InChI=1S/C72H69BN2/c1-47-32-33-52(49-26-18-13-19-27-49)40-64(47)75-65-45-59-58(71(8,9)46-72(59,10)11)44-61(65)73-60-39-53(56(50-28-20-14-21-29-50)38-48-24-16-12-17-25-48)34-36-63(60)74(66-42-55(70(5,6)7)43-67(75)68(66)73)62-37-35-54(69(2,3)4)41-57(62)51-30-22-15-23-31-51/h12-45H,46H2,1-11H3/b56-38-. The maximum absolute atomic E-state index is 2.68. The molecule has 370 valence electrons. The lowest BCUT2D eigenvalue weighted by molar-refractivity contribution is 0.403. The van der Waals surface area contributed by atoms with Crippen LogP contribution in [0.25, 0.3) is 33.9 Å². The number of hydrogen-bond acceptors (Lipinski definition) is 2. The zero-order valence-corrected chi connectivity index (χ0v) is 45.8. The van der Waals surface area contributed by atoms with E-state index in [0.29, 0.717) is 0 Å². The molecular formula is C72H69BN2. The van der Waals surface area contributed by atoms with Gasteiger partial charge in [-0.15, -0.1) is 0 Å². The van der Waals surface area contributed by atoms with Gasteiger partial charge in [0.1, 0.15) is 0 Å². The van der Waals surface area contributed by atoms with Gasteiger partial charge >= 0.3 is 0 Å². The topological polar surface area (TPSA) is 6.48 Å². The summed E-state index contributed by atoms with van der Waals surface area (Å²) in [6.45, 7) is 26.2. The van der Waals surface area contributed by atoms with Crippen molar-refractivity contribution in [2.75, 3.05) is 9.80 Å². The first-order valence-electron chi connectivity index (χ1n) is 27.2. The molecule has 0 N–H and O–H groups in total. The van der Waals surface area contributed by atoms with Crippen LogP contribution in [-0.4, -0.2) is 6.71 Å². The summed E-state index contributed by atoms with van der Waals surface area (Å²) in [7, 11) is 0. The Labute approximate surface area is 447 Å². The minimum atomic E-state index is -0.168. The Morgan fingerprint density at radius 3 is 1.61 bits per heavy atom. The van der Waals surface area contributed by atoms with Crippen LogP contribution >= 0.6 is 0 Å². The Kier molecular flexibility index (Phi) is 11.5. The first-order chi connectivity index (χ1) is 35.9. The molecule has 0 aromatic heterocycles. The predicted molar refractivity (Wildman–Crippen MR) is 324 cm³/mol. The van der Waals surface area contributed by atoms with Gasteiger partial charge in [-0.1, -0.05) is 227 Å². The van der Waals surface area contributed by atoms with E-state index in [2.05, 4.69) is 292 Å². The van der Waals surface area contributed by atoms with Crippen molar-refractivity contribution in [3.05, 3.63) is 245 Å². The molecule has 2 heterocycles. The molecule has 0 unspecified atom stereocenters. The molecule has 3 heteroatoms. The van der Waals surface area contributed by atoms with Gasteiger partial charge in [-0.05, 0) is 167 Å². The number of fused-ring (bicyclic) bond motifs is 5. The van der Waals surface area contributed by atoms with Crippen molar-refractivity contribution < 1.29 is 0 Å². The molecule has 9 aromatic rings. The van der Waals surface area contributed by atoms with Crippen molar-refractivity contribution in [2.24, 2.45) is 0 Å². The molecule has 0 spiro atoms. The fraction of sp³-hybridized carbons (Fsp3) is 0.222. The van der Waals surface area contributed by atoms with E-state index in [1.54, 1.807) is 0 Å². The average Bonchev–Trinajstić information content (AvgIpc) is 3.60. The van der Waals surface area contributed by atoms with Gasteiger partial charge in [0.25, 0.3) is 6.71 Å². The van der Waals surface area contributed by atoms with Gasteiger partial charge in [-0.2, -0.15) is 0 Å². The van der Waals surface area contributed by atoms with E-state index in [4.69, 9.17) is 0 Å². The summed E-state index contributed by atoms with van der Waals surface area (Å²) in [5.74, 6) is 0. The van der Waals surface area contributed by atoms with Gasteiger partial charge in [-0.3, -0.25) is 0 Å². The predicted octanol–water partition coefficient (Wildman–Crippen LogP) is 17.6. The highest BCUT2D eigenvalue weighted by Gasteiger charge is 2.49. The highest BCUT2D eigenvalue weighted by atomic mass is 15.2. The number of benzene rings is 9. The normalized spacial score (nSPS) is 15.3. The van der Waals surface area contributed by atoms with E-state index >= 15 is 0 Å². The third-order valence-corrected chi connectivity index (χ3v) is 16.7. The molecular weight excluding hydrogens is 904 g/mol. The Morgan fingerprint density at radius 2 is 0.987 bits per heavy atom. The summed E-state index contributed by atoms with van der Waals surface area (Å²) in [5, 5.41) is 0. The molecule has 0 radical (unpaired) electrons. The fourth-order valence-corrected chi connectivity index (χ4v) is 13.0. The van der Waals surface area contributed by atoms with Crippen molar-refractivity contribution >= 4 is 68.9 Å². The van der Waals surface area contributed by atoms with Crippen LogP contribution in [0.3, 0.4) is 0 Å². The minimum absolute atomic E-state index is 0.00647. The van der Waals surface area contributed by atoms with Gasteiger partial charge in [0.2, 0.25) is 0 Å². The Morgan fingerprint density at radius 1 is 0.440 bits per heavy atom. The molecule has 2 aliphatic heterocycles. The quantitative estimate of drug-likeness (QED) is 0.116. The van der Waals surface area contributed by atoms with Gasteiger partial charge in [0.15, 0.2) is 0 Å². The van der Waals surface area contributed by atoms with E-state index in [0.717, 1.165) is 6.42 Å². The lowest BCUT2D eigenvalue weighted by Crippen LogP contribution is -2.62. The van der Waals surface area contributed by atoms with Crippen LogP contribution in [0.2, 0.25) is 0 Å². The molecule has 0 atom stereocenters. The monoisotopic (exact) mass is 973 g/mol. The van der Waals surface area contributed by atoms with Crippen LogP contribution in [0.5, 0.6) is 0 Å². The molecule has 0 saturated carbocycles. The van der Waals surface area contributed by atoms with Crippen molar-refractivity contribution in [3.63, 3.8) is 0 Å². The zero-order chi connectivity index (χ0) is 52.2. The number of rotatable bonds is 7. The Hall–Kier alpha value is -7.62. The van der Waals surface area contributed by atoms with Crippen LogP contribution in [-0.2, 0) is 21.7 Å². The van der Waals surface area contributed by atoms with Crippen LogP contribution in [0.4, 0.5) is 34.1 Å². The fourth-order valence-electron chi connectivity index (χ4n) is 13.0. The second kappa shape index (κ2) is 17.8. The van der Waals surface area contributed by atoms with Crippen LogP contribution in [0.1, 0.15) is 120 Å². The zero-order valence-electron chi connectivity index (χ0n) is 45.8. The number of hydrogen-bond donors (Lipinski definition) is 0. The van der Waals surface area contributed by atoms with E-state index in [9.17, 15) is 0 Å². The summed E-state index contributed by atoms with van der Waals surface area (Å²) in [5.41, 5.74) is 27.5. The molecule has 0 amide bonds. The first kappa shape index (κ1) is 48.3. The van der Waals surface area contributed by atoms with E-state index in [1.165, 1.54) is 123 Å². The Balaban J connectivity index is 1.24. The van der Waals surface area contributed by atoms with Crippen molar-refractivity contribution in [2.45, 2.75) is 104 Å². The molecule has 1 aliphatic carbocycles. The summed E-state index contributed by atoms with van der Waals surface area (Å²) in [6, 6.07) is 75.9. The molecule has 0 bridgehead atoms. The maximum atomic E-state index is 2.68. The third-order valence-electron chi connectivity index (χ3n) is 16.7. The smallest absolute Gasteiger partial charge is 0.252 e. The van der Waals surface area contributed by atoms with Crippen molar-refractivity contribution in [1.29, 1.82) is 0 Å². The summed E-state index contributed by atoms with van der Waals surface area (Å²) in [4.78, 5) is 5.33. The number of nitrogens with zero attached hydrogens (tertiary/aromatic N) is 2. The van der Waals surface area contributed by atoms with Crippen LogP contribution < -0.4 is 26.2 Å². The lowest BCUT2D eigenvalue weighted by atomic mass is 9.33.